The molecule has 1 aromatic rings. The number of carbonyl (C=O) groups excluding carboxylic acids is 1. The van der Waals surface area contributed by atoms with E-state index in [0.29, 0.717) is 19.6 Å². The number of piperidine rings is 3. The van der Waals surface area contributed by atoms with E-state index >= 15 is 0 Å². The summed E-state index contributed by atoms with van der Waals surface area (Å²) >= 11 is 0. The van der Waals surface area contributed by atoms with Crippen LogP contribution in [0.3, 0.4) is 0 Å². The molecule has 1 unspecified atom stereocenters. The van der Waals surface area contributed by atoms with Gasteiger partial charge < -0.3 is 20.1 Å². The Morgan fingerprint density at radius 1 is 1.33 bits per heavy atom. The van der Waals surface area contributed by atoms with Crippen LogP contribution in [0.4, 0.5) is 4.39 Å². The molecule has 1 N–H and O–H groups in total. The number of fused-ring (bicyclic) bond motifs is 3. The van der Waals surface area contributed by atoms with Crippen molar-refractivity contribution in [2.75, 3.05) is 39.3 Å². The van der Waals surface area contributed by atoms with Gasteiger partial charge in [0.15, 0.2) is 0 Å². The quantitative estimate of drug-likeness (QED) is 0.635. The molecule has 5 rings (SSSR count). The number of halogens is 1. The SMILES string of the molecule is CC12CC[N+]([O-])(CC1)CC2C(=O)N[C@H]1CCN(CCc2ccc(F)cc2)C1. The summed E-state index contributed by atoms with van der Waals surface area (Å²) in [5.74, 6) is -0.266. The second-order valence-electron chi connectivity index (χ2n) is 9.07. The molecule has 0 radical (unpaired) electrons. The molecule has 4 heterocycles. The number of quaternary nitrogens is 1. The van der Waals surface area contributed by atoms with E-state index in [0.717, 1.165) is 50.9 Å². The minimum Gasteiger partial charge on any atom is -0.633 e. The lowest BCUT2D eigenvalue weighted by Crippen LogP contribution is -2.65. The number of nitrogens with zero attached hydrogens (tertiary/aromatic N) is 2. The third-order valence-corrected chi connectivity index (χ3v) is 7.10. The Kier molecular flexibility index (Phi) is 4.99. The van der Waals surface area contributed by atoms with Crippen molar-refractivity contribution >= 4 is 5.91 Å². The lowest BCUT2D eigenvalue weighted by Gasteiger charge is -2.59. The van der Waals surface area contributed by atoms with Gasteiger partial charge in [0.05, 0.1) is 25.6 Å². The third kappa shape index (κ3) is 4.03. The Bertz CT molecular complexity index is 685. The fourth-order valence-electron chi connectivity index (χ4n) is 5.03. The van der Waals surface area contributed by atoms with Crippen molar-refractivity contribution in [1.82, 2.24) is 10.2 Å². The molecular weight excluding hydrogens is 345 g/mol. The average molecular weight is 375 g/mol. The molecule has 1 amide bonds. The van der Waals surface area contributed by atoms with Gasteiger partial charge in [-0.25, -0.2) is 4.39 Å². The van der Waals surface area contributed by atoms with Crippen molar-refractivity contribution < 1.29 is 13.8 Å². The normalized spacial score (nSPS) is 36.1. The first-order valence-corrected chi connectivity index (χ1v) is 10.2. The zero-order valence-corrected chi connectivity index (χ0v) is 16.1. The predicted octanol–water partition coefficient (Wildman–Crippen LogP) is 2.30. The molecule has 4 fully saturated rings. The molecular formula is C21H30FN3O2. The fraction of sp³-hybridized carbons (Fsp3) is 0.667. The van der Waals surface area contributed by atoms with Gasteiger partial charge in [0.1, 0.15) is 5.82 Å². The summed E-state index contributed by atoms with van der Waals surface area (Å²) in [5.41, 5.74) is 1.13. The lowest BCUT2D eigenvalue weighted by atomic mass is 9.65. The molecule has 0 spiro atoms. The standard InChI is InChI=1S/C21H30FN3O2/c1-21-8-12-25(27,13-9-21)15-19(21)20(26)23-18-7-11-24(14-18)10-6-16-2-4-17(22)5-3-16/h2-5,18-19H,6-15H2,1H3,(H,23,26)/t18-,19?,21?,25?/m0/s1. The zero-order chi connectivity index (χ0) is 19.1. The van der Waals surface area contributed by atoms with Crippen LogP contribution in [0.2, 0.25) is 0 Å². The van der Waals surface area contributed by atoms with Crippen molar-refractivity contribution in [3.63, 3.8) is 0 Å². The fourth-order valence-corrected chi connectivity index (χ4v) is 5.03. The monoisotopic (exact) mass is 375 g/mol. The minimum absolute atomic E-state index is 0.00460. The number of nitrogens with one attached hydrogen (secondary N) is 1. The highest BCUT2D eigenvalue weighted by molar-refractivity contribution is 5.80. The maximum absolute atomic E-state index is 13.0. The van der Waals surface area contributed by atoms with E-state index in [1.165, 1.54) is 12.1 Å². The molecule has 4 aliphatic heterocycles. The van der Waals surface area contributed by atoms with Gasteiger partial charge in [0.2, 0.25) is 5.91 Å². The Labute approximate surface area is 160 Å². The van der Waals surface area contributed by atoms with Crippen LogP contribution in [0.25, 0.3) is 0 Å². The van der Waals surface area contributed by atoms with Crippen LogP contribution >= 0.6 is 0 Å². The van der Waals surface area contributed by atoms with Gasteiger partial charge in [0.25, 0.3) is 0 Å². The Morgan fingerprint density at radius 2 is 2.04 bits per heavy atom. The third-order valence-electron chi connectivity index (χ3n) is 7.10. The molecule has 2 bridgehead atoms. The van der Waals surface area contributed by atoms with Crippen molar-refractivity contribution in [1.29, 1.82) is 0 Å². The lowest BCUT2D eigenvalue weighted by molar-refractivity contribution is -0.903. The van der Waals surface area contributed by atoms with Crippen LogP contribution in [0, 0.1) is 22.4 Å². The van der Waals surface area contributed by atoms with Crippen molar-refractivity contribution in [3.05, 3.63) is 40.9 Å². The minimum atomic E-state index is -0.203. The number of hydrogen-bond donors (Lipinski definition) is 1. The summed E-state index contributed by atoms with van der Waals surface area (Å²) in [5, 5.41) is 15.9. The molecule has 2 atom stereocenters. The number of benzene rings is 1. The highest BCUT2D eigenvalue weighted by atomic mass is 19.1. The summed E-state index contributed by atoms with van der Waals surface area (Å²) in [6.07, 6.45) is 3.57. The van der Waals surface area contributed by atoms with E-state index in [2.05, 4.69) is 17.1 Å². The number of amides is 1. The van der Waals surface area contributed by atoms with E-state index in [-0.39, 0.29) is 33.7 Å². The molecule has 1 aromatic carbocycles. The van der Waals surface area contributed by atoms with E-state index in [9.17, 15) is 14.4 Å². The molecule has 0 aliphatic carbocycles. The van der Waals surface area contributed by atoms with Gasteiger partial charge in [-0.2, -0.15) is 0 Å². The van der Waals surface area contributed by atoms with Crippen LogP contribution in [0.15, 0.2) is 24.3 Å². The molecule has 148 valence electrons. The highest BCUT2D eigenvalue weighted by Gasteiger charge is 2.52. The first-order valence-electron chi connectivity index (χ1n) is 10.2. The van der Waals surface area contributed by atoms with Crippen LogP contribution in [-0.4, -0.2) is 60.8 Å². The molecule has 0 saturated carbocycles. The summed E-state index contributed by atoms with van der Waals surface area (Å²) in [6.45, 7) is 6.71. The predicted molar refractivity (Wildman–Crippen MR) is 102 cm³/mol. The molecule has 4 saturated heterocycles. The summed E-state index contributed by atoms with van der Waals surface area (Å²) in [4.78, 5) is 15.3. The van der Waals surface area contributed by atoms with Gasteiger partial charge in [0, 0.05) is 38.5 Å². The number of hydroxylamine groups is 3. The topological polar surface area (TPSA) is 55.4 Å². The van der Waals surface area contributed by atoms with E-state index in [1.807, 2.05) is 12.1 Å². The summed E-state index contributed by atoms with van der Waals surface area (Å²) < 4.78 is 12.8. The largest absolute Gasteiger partial charge is 0.633 e. The van der Waals surface area contributed by atoms with E-state index in [1.54, 1.807) is 0 Å². The van der Waals surface area contributed by atoms with E-state index < -0.39 is 0 Å². The van der Waals surface area contributed by atoms with Gasteiger partial charge >= 0.3 is 0 Å². The number of carbonyl (C=O) groups is 1. The summed E-state index contributed by atoms with van der Waals surface area (Å²) in [6, 6.07) is 6.84. The van der Waals surface area contributed by atoms with Gasteiger partial charge in [-0.05, 0) is 36.0 Å². The first kappa shape index (κ1) is 18.8. The maximum atomic E-state index is 13.0. The Balaban J connectivity index is 1.27. The molecule has 4 aliphatic rings. The Hall–Kier alpha value is -1.50. The first-order chi connectivity index (χ1) is 12.9. The van der Waals surface area contributed by atoms with Gasteiger partial charge in [-0.1, -0.05) is 19.1 Å². The second-order valence-corrected chi connectivity index (χ2v) is 9.07. The van der Waals surface area contributed by atoms with Crippen molar-refractivity contribution in [2.24, 2.45) is 11.3 Å². The highest BCUT2D eigenvalue weighted by Crippen LogP contribution is 2.47. The molecule has 27 heavy (non-hydrogen) atoms. The van der Waals surface area contributed by atoms with E-state index in [4.69, 9.17) is 0 Å². The second kappa shape index (κ2) is 7.15. The maximum Gasteiger partial charge on any atom is 0.229 e. The number of rotatable bonds is 5. The van der Waals surface area contributed by atoms with Gasteiger partial charge in [-0.3, -0.25) is 4.79 Å². The van der Waals surface area contributed by atoms with Crippen LogP contribution < -0.4 is 5.32 Å². The van der Waals surface area contributed by atoms with Gasteiger partial charge in [-0.15, -0.1) is 0 Å². The molecule has 5 nitrogen and oxygen atoms in total. The number of likely N-dealkylation sites (tertiary alicyclic amines) is 1. The van der Waals surface area contributed by atoms with Crippen molar-refractivity contribution in [2.45, 2.75) is 38.6 Å². The molecule has 0 aromatic heterocycles. The van der Waals surface area contributed by atoms with Crippen LogP contribution in [-0.2, 0) is 11.2 Å². The van der Waals surface area contributed by atoms with Crippen LogP contribution in [0.1, 0.15) is 31.7 Å². The number of hydrogen-bond acceptors (Lipinski definition) is 3. The molecule has 6 heteroatoms. The smallest absolute Gasteiger partial charge is 0.229 e. The van der Waals surface area contributed by atoms with Crippen molar-refractivity contribution in [3.8, 4) is 0 Å². The average Bonchev–Trinajstić information content (AvgIpc) is 3.09. The zero-order valence-electron chi connectivity index (χ0n) is 16.1. The summed E-state index contributed by atoms with van der Waals surface area (Å²) in [7, 11) is 0. The Morgan fingerprint density at radius 3 is 2.74 bits per heavy atom. The van der Waals surface area contributed by atoms with Crippen LogP contribution in [0.5, 0.6) is 0 Å².